The molecule has 1 aliphatic carbocycles. The van der Waals surface area contributed by atoms with Crippen molar-refractivity contribution < 1.29 is 25.1 Å². The van der Waals surface area contributed by atoms with Gasteiger partial charge in [0.15, 0.2) is 0 Å². The van der Waals surface area contributed by atoms with Crippen molar-refractivity contribution in [3.05, 3.63) is 53.3 Å². The average molecular weight is 349 g/mol. The van der Waals surface area contributed by atoms with Gasteiger partial charge >= 0.3 is 24.8 Å². The van der Waals surface area contributed by atoms with Crippen molar-refractivity contribution in [2.75, 3.05) is 0 Å². The number of benzene rings is 1. The molecule has 0 radical (unpaired) electrons. The second-order valence-corrected chi connectivity index (χ2v) is 12.3. The Kier molecular flexibility index (Phi) is 9.14. The normalized spacial score (nSPS) is 13.5. The molecule has 3 heteroatoms. The van der Waals surface area contributed by atoms with Gasteiger partial charge in [-0.2, -0.15) is 6.08 Å². The zero-order valence-corrected chi connectivity index (χ0v) is 17.4. The van der Waals surface area contributed by atoms with Gasteiger partial charge in [0.2, 0.25) is 0 Å². The first kappa shape index (κ1) is 21.3. The molecule has 1 aliphatic rings. The molecule has 2 rings (SSSR count). The van der Waals surface area contributed by atoms with Gasteiger partial charge in [0.1, 0.15) is 5.75 Å². The fourth-order valence-corrected chi connectivity index (χ4v) is 3.14. The molecule has 22 heavy (non-hydrogen) atoms. The second kappa shape index (κ2) is 9.44. The molecule has 0 aromatic heterocycles. The Balaban J connectivity index is 0.000000366. The van der Waals surface area contributed by atoms with Gasteiger partial charge in [-0.1, -0.05) is 52.5 Å². The molecule has 0 unspecified atom stereocenters. The maximum atomic E-state index is 9.18. The Morgan fingerprint density at radius 2 is 1.77 bits per heavy atom. The van der Waals surface area contributed by atoms with Crippen LogP contribution in [0.25, 0.3) is 0 Å². The van der Waals surface area contributed by atoms with Crippen LogP contribution in [0.5, 0.6) is 5.75 Å². The Morgan fingerprint density at radius 3 is 2.05 bits per heavy atom. The van der Waals surface area contributed by atoms with E-state index in [0.717, 1.165) is 12.0 Å². The minimum atomic E-state index is -1.01. The van der Waals surface area contributed by atoms with E-state index in [9.17, 15) is 5.11 Å². The number of phenolic OH excluding ortho intramolecular Hbond substituents is 1. The first-order valence-corrected chi connectivity index (χ1v) is 12.1. The number of rotatable bonds is 1. The van der Waals surface area contributed by atoms with Gasteiger partial charge in [0, 0.05) is 8.07 Å². The Bertz CT molecular complexity index is 519. The molecule has 1 nitrogen and oxygen atoms in total. The molecular formula is C19H29OSiTi. The predicted molar refractivity (Wildman–Crippen MR) is 97.8 cm³/mol. The molecule has 0 fully saturated rings. The Labute approximate surface area is 149 Å². The van der Waals surface area contributed by atoms with E-state index in [1.165, 1.54) is 5.20 Å². The van der Waals surface area contributed by atoms with E-state index in [-0.39, 0.29) is 5.41 Å². The van der Waals surface area contributed by atoms with Gasteiger partial charge in [0.25, 0.3) is 0 Å². The minimum absolute atomic E-state index is 0.124. The van der Waals surface area contributed by atoms with E-state index in [2.05, 4.69) is 63.5 Å². The molecule has 1 aromatic rings. The van der Waals surface area contributed by atoms with Crippen LogP contribution in [0.3, 0.4) is 0 Å². The molecule has 0 amide bonds. The van der Waals surface area contributed by atoms with Crippen molar-refractivity contribution in [3.63, 3.8) is 0 Å². The molecule has 0 saturated heterocycles. The molecule has 1 aromatic carbocycles. The fourth-order valence-electron chi connectivity index (χ4n) is 1.89. The van der Waals surface area contributed by atoms with E-state index < -0.39 is 8.07 Å². The summed E-state index contributed by atoms with van der Waals surface area (Å²) >= 11 is 1.75. The molecule has 0 atom stereocenters. The number of hydrogen-bond donors (Lipinski definition) is 1. The molecule has 0 aliphatic heterocycles. The molecule has 0 spiro atoms. The van der Waals surface area contributed by atoms with Crippen LogP contribution < -0.4 is 0 Å². The standard InChI is InChI=1S/C10H14O.C8H13Si.CH2.Ti/c1-10(2,3)8-5-4-6-9(11)7-8;1-9(2,3)8-6-4-5-7-8;;/h4-7,11H,1-3H3;4,6H,5H2,1-3H3;1H2;/q;-1;;+1. The van der Waals surface area contributed by atoms with Crippen molar-refractivity contribution in [1.29, 1.82) is 0 Å². The van der Waals surface area contributed by atoms with Gasteiger partial charge in [0.05, 0.1) is 0 Å². The van der Waals surface area contributed by atoms with Crippen LogP contribution in [0.1, 0.15) is 32.8 Å². The second-order valence-electron chi connectivity index (χ2n) is 7.25. The Morgan fingerprint density at radius 1 is 1.18 bits per heavy atom. The number of hydrogen-bond acceptors (Lipinski definition) is 1. The zero-order valence-electron chi connectivity index (χ0n) is 14.8. The van der Waals surface area contributed by atoms with Crippen LogP contribution in [0.15, 0.2) is 41.6 Å². The van der Waals surface area contributed by atoms with E-state index in [0.29, 0.717) is 5.75 Å². The third-order valence-corrected chi connectivity index (χ3v) is 5.17. The van der Waals surface area contributed by atoms with Crippen molar-refractivity contribution in [1.82, 2.24) is 0 Å². The quantitative estimate of drug-likeness (QED) is 0.545. The van der Waals surface area contributed by atoms with E-state index in [4.69, 9.17) is 0 Å². The van der Waals surface area contributed by atoms with Gasteiger partial charge in [-0.05, 0) is 23.1 Å². The summed E-state index contributed by atoms with van der Waals surface area (Å²) < 4.78 is 0. The van der Waals surface area contributed by atoms with Gasteiger partial charge in [-0.15, -0.1) is 6.42 Å². The summed E-state index contributed by atoms with van der Waals surface area (Å²) in [5.41, 5.74) is 1.29. The SMILES string of the molecule is CC(C)(C)c1cccc(O)c1.C[Si](C)(C)C1=[C-]CC=C1.[CH2]=[Ti+]. The first-order chi connectivity index (χ1) is 10.1. The zero-order chi connectivity index (χ0) is 17.4. The summed E-state index contributed by atoms with van der Waals surface area (Å²) in [6.07, 6.45) is 8.82. The summed E-state index contributed by atoms with van der Waals surface area (Å²) in [7, 11) is -1.01. The topological polar surface area (TPSA) is 20.2 Å². The molecule has 119 valence electrons. The Hall–Kier alpha value is -0.699. The van der Waals surface area contributed by atoms with Crippen LogP contribution in [-0.4, -0.2) is 18.0 Å². The van der Waals surface area contributed by atoms with Crippen molar-refractivity contribution >= 4 is 12.9 Å². The number of allylic oxidation sites excluding steroid dienone is 4. The summed E-state index contributed by atoms with van der Waals surface area (Å²) in [5, 5.41) is 10.7. The summed E-state index contributed by atoms with van der Waals surface area (Å²) in [4.78, 5) is 3.25. The van der Waals surface area contributed by atoms with Gasteiger partial charge in [-0.3, -0.25) is 6.08 Å². The van der Waals surface area contributed by atoms with Crippen LogP contribution in [0.4, 0.5) is 0 Å². The van der Waals surface area contributed by atoms with Gasteiger partial charge in [-0.25, -0.2) is 11.3 Å². The third kappa shape index (κ3) is 8.07. The van der Waals surface area contributed by atoms with Gasteiger partial charge < -0.3 is 5.11 Å². The summed E-state index contributed by atoms with van der Waals surface area (Å²) in [6, 6.07) is 7.39. The van der Waals surface area contributed by atoms with E-state index in [1.54, 1.807) is 32.1 Å². The van der Waals surface area contributed by atoms with Crippen molar-refractivity contribution in [2.45, 2.75) is 52.2 Å². The third-order valence-electron chi connectivity index (χ3n) is 3.22. The van der Waals surface area contributed by atoms with Crippen LogP contribution in [0.2, 0.25) is 19.6 Å². The maximum absolute atomic E-state index is 9.18. The molecule has 1 N–H and O–H groups in total. The first-order valence-electron chi connectivity index (χ1n) is 7.53. The van der Waals surface area contributed by atoms with E-state index >= 15 is 0 Å². The monoisotopic (exact) mass is 349 g/mol. The van der Waals surface area contributed by atoms with Crippen LogP contribution in [-0.2, 0) is 25.4 Å². The molecule has 0 saturated carbocycles. The van der Waals surface area contributed by atoms with Crippen molar-refractivity contribution in [3.8, 4) is 5.75 Å². The fraction of sp³-hybridized carbons (Fsp3) is 0.421. The molecule has 0 heterocycles. The summed E-state index contributed by atoms with van der Waals surface area (Å²) in [5.74, 6) is 0.345. The van der Waals surface area contributed by atoms with Crippen LogP contribution >= 0.6 is 0 Å². The van der Waals surface area contributed by atoms with Crippen LogP contribution in [0, 0.1) is 6.08 Å². The predicted octanol–water partition coefficient (Wildman–Crippen LogP) is 5.21. The van der Waals surface area contributed by atoms with Crippen molar-refractivity contribution in [2.24, 2.45) is 0 Å². The number of phenols is 1. The summed E-state index contributed by atoms with van der Waals surface area (Å²) in [6.45, 7) is 13.4. The molecule has 0 bridgehead atoms. The average Bonchev–Trinajstić information content (AvgIpc) is 2.95. The molecular weight excluding hydrogens is 320 g/mol. The number of aromatic hydroxyl groups is 1. The van der Waals surface area contributed by atoms with E-state index in [1.807, 2.05) is 12.1 Å².